The monoisotopic (exact) mass is 505 g/mol. The molecule has 1 aliphatic heterocycles. The summed E-state index contributed by atoms with van der Waals surface area (Å²) < 4.78 is 0.0403. The maximum absolute atomic E-state index is 13.7. The third-order valence-electron chi connectivity index (χ3n) is 8.09. The molecule has 0 bridgehead atoms. The van der Waals surface area contributed by atoms with E-state index in [1.807, 2.05) is 30.3 Å². The molecule has 3 rings (SSSR count). The molecule has 0 spiro atoms. The molecule has 0 radical (unpaired) electrons. The van der Waals surface area contributed by atoms with Crippen LogP contribution in [0, 0.1) is 27.4 Å². The highest BCUT2D eigenvalue weighted by atomic mass is 16.6. The van der Waals surface area contributed by atoms with Gasteiger partial charge in [0, 0.05) is 31.4 Å². The van der Waals surface area contributed by atoms with Gasteiger partial charge in [0.25, 0.3) is 11.6 Å². The predicted molar refractivity (Wildman–Crippen MR) is 141 cm³/mol. The number of likely N-dealkylation sites (tertiary alicyclic amines) is 1. The standard InChI is InChI=1S/C29H36N4O4/c1-22(2)29(21-30,24-9-4-3-5-10-24)18-7-6-12-27(34)33(19-8-11-26(33)28(31)35)20-17-23-13-15-25(16-14-23)32(36)37/h3-5,9-10,13-16,22,26H,6-8,11-12,17-20H2,1-2H3,(H-,31,35)/p+1/t26?,29-,33+/m0/s1. The Balaban J connectivity index is 1.70. The van der Waals surface area contributed by atoms with Gasteiger partial charge in [-0.3, -0.25) is 19.4 Å². The Labute approximate surface area is 218 Å². The molecule has 8 heteroatoms. The number of nitro benzene ring substituents is 1. The number of nitro groups is 1. The number of non-ortho nitro benzene ring substituents is 1. The van der Waals surface area contributed by atoms with Crippen LogP contribution in [0.3, 0.4) is 0 Å². The lowest BCUT2D eigenvalue weighted by Gasteiger charge is -2.36. The average molecular weight is 506 g/mol. The topological polar surface area (TPSA) is 127 Å². The van der Waals surface area contributed by atoms with Gasteiger partial charge in [-0.05, 0) is 29.9 Å². The Morgan fingerprint density at radius 3 is 2.41 bits per heavy atom. The number of nitriles is 1. The summed E-state index contributed by atoms with van der Waals surface area (Å²) in [6, 6.07) is 18.2. The van der Waals surface area contributed by atoms with E-state index >= 15 is 0 Å². The summed E-state index contributed by atoms with van der Waals surface area (Å²) in [4.78, 5) is 36.5. The number of nitrogens with zero attached hydrogens (tertiary/aromatic N) is 3. The highest BCUT2D eigenvalue weighted by molar-refractivity contribution is 5.82. The molecule has 1 aliphatic rings. The van der Waals surface area contributed by atoms with Gasteiger partial charge in [-0.1, -0.05) is 62.7 Å². The molecular formula is C29H37N4O4+. The number of hydrogen-bond donors (Lipinski definition) is 1. The van der Waals surface area contributed by atoms with E-state index in [4.69, 9.17) is 5.73 Å². The first-order chi connectivity index (χ1) is 17.7. The van der Waals surface area contributed by atoms with E-state index in [1.165, 1.54) is 12.1 Å². The zero-order chi connectivity index (χ0) is 27.1. The van der Waals surface area contributed by atoms with Gasteiger partial charge in [-0.25, -0.2) is 4.79 Å². The van der Waals surface area contributed by atoms with Crippen LogP contribution in [0.4, 0.5) is 5.69 Å². The van der Waals surface area contributed by atoms with Crippen LogP contribution >= 0.6 is 0 Å². The molecule has 1 unspecified atom stereocenters. The Morgan fingerprint density at radius 1 is 1.16 bits per heavy atom. The van der Waals surface area contributed by atoms with Gasteiger partial charge < -0.3 is 5.73 Å². The van der Waals surface area contributed by atoms with E-state index in [0.717, 1.165) is 24.0 Å². The highest BCUT2D eigenvalue weighted by Crippen LogP contribution is 2.37. The van der Waals surface area contributed by atoms with Gasteiger partial charge in [0.1, 0.15) is 0 Å². The summed E-state index contributed by atoms with van der Waals surface area (Å²) in [5.41, 5.74) is 7.02. The zero-order valence-electron chi connectivity index (χ0n) is 21.8. The molecule has 0 aliphatic carbocycles. The average Bonchev–Trinajstić information content (AvgIpc) is 3.34. The number of hydrogen-bond acceptors (Lipinski definition) is 5. The van der Waals surface area contributed by atoms with E-state index in [9.17, 15) is 25.0 Å². The predicted octanol–water partition coefficient (Wildman–Crippen LogP) is 4.81. The minimum atomic E-state index is -0.615. The fourth-order valence-electron chi connectivity index (χ4n) is 5.81. The van der Waals surface area contributed by atoms with Crippen molar-refractivity contribution in [3.63, 3.8) is 0 Å². The fraction of sp³-hybridized carbons (Fsp3) is 0.483. The SMILES string of the molecule is CC(C)[C@@](C#N)(CCCCC(=O)[N@@+]1(CCc2ccc([N+](=O)[O-])cc2)CCCC1C(N)=O)c1ccccc1. The number of rotatable bonds is 12. The molecule has 3 atom stereocenters. The smallest absolute Gasteiger partial charge is 0.314 e. The summed E-state index contributed by atoms with van der Waals surface area (Å²) in [6.45, 7) is 5.11. The molecule has 0 aromatic heterocycles. The van der Waals surface area contributed by atoms with Gasteiger partial charge >= 0.3 is 5.91 Å². The molecule has 1 fully saturated rings. The highest BCUT2D eigenvalue weighted by Gasteiger charge is 2.50. The number of benzene rings is 2. The molecular weight excluding hydrogens is 468 g/mol. The van der Waals surface area contributed by atoms with Crippen LogP contribution in [0.2, 0.25) is 0 Å². The minimum Gasteiger partial charge on any atom is -0.364 e. The van der Waals surface area contributed by atoms with E-state index in [1.54, 1.807) is 12.1 Å². The molecule has 2 aromatic carbocycles. The van der Waals surface area contributed by atoms with Crippen LogP contribution in [0.5, 0.6) is 0 Å². The van der Waals surface area contributed by atoms with Crippen molar-refractivity contribution < 1.29 is 19.0 Å². The van der Waals surface area contributed by atoms with E-state index in [2.05, 4.69) is 19.9 Å². The van der Waals surface area contributed by atoms with Crippen LogP contribution < -0.4 is 5.73 Å². The third kappa shape index (κ3) is 6.05. The molecule has 1 saturated heterocycles. The summed E-state index contributed by atoms with van der Waals surface area (Å²) in [6.07, 6.45) is 4.17. The number of unbranched alkanes of at least 4 members (excludes halogenated alkanes) is 1. The number of quaternary nitrogens is 1. The first-order valence-electron chi connectivity index (χ1n) is 13.1. The fourth-order valence-corrected chi connectivity index (χ4v) is 5.81. The summed E-state index contributed by atoms with van der Waals surface area (Å²) in [5.74, 6) is -0.328. The van der Waals surface area contributed by atoms with Crippen LogP contribution in [0.25, 0.3) is 0 Å². The maximum Gasteiger partial charge on any atom is 0.314 e. The van der Waals surface area contributed by atoms with E-state index < -0.39 is 22.3 Å². The summed E-state index contributed by atoms with van der Waals surface area (Å²) >= 11 is 0. The molecule has 196 valence electrons. The van der Waals surface area contributed by atoms with Crippen molar-refractivity contribution in [3.05, 3.63) is 75.8 Å². The van der Waals surface area contributed by atoms with Crippen molar-refractivity contribution in [2.75, 3.05) is 13.1 Å². The van der Waals surface area contributed by atoms with Gasteiger partial charge in [-0.2, -0.15) is 5.26 Å². The largest absolute Gasteiger partial charge is 0.364 e. The second kappa shape index (κ2) is 12.1. The van der Waals surface area contributed by atoms with Crippen LogP contribution in [0.15, 0.2) is 54.6 Å². The van der Waals surface area contributed by atoms with Crippen LogP contribution in [-0.2, 0) is 21.4 Å². The molecule has 1 heterocycles. The van der Waals surface area contributed by atoms with Crippen molar-refractivity contribution in [1.82, 2.24) is 0 Å². The lowest BCUT2D eigenvalue weighted by Crippen LogP contribution is -2.61. The van der Waals surface area contributed by atoms with Crippen molar-refractivity contribution in [3.8, 4) is 6.07 Å². The molecule has 37 heavy (non-hydrogen) atoms. The molecule has 0 saturated carbocycles. The minimum absolute atomic E-state index is 0.00928. The normalized spacial score (nSPS) is 20.8. The summed E-state index contributed by atoms with van der Waals surface area (Å²) in [5, 5.41) is 21.1. The lowest BCUT2D eigenvalue weighted by atomic mass is 9.69. The Bertz CT molecular complexity index is 1140. The van der Waals surface area contributed by atoms with Crippen LogP contribution in [-0.4, -0.2) is 40.4 Å². The molecule has 2 aromatic rings. The zero-order valence-corrected chi connectivity index (χ0v) is 21.8. The van der Waals surface area contributed by atoms with Crippen molar-refractivity contribution in [1.29, 1.82) is 5.26 Å². The Hall–Kier alpha value is -3.57. The van der Waals surface area contributed by atoms with Gasteiger partial charge in [0.2, 0.25) is 0 Å². The second-order valence-corrected chi connectivity index (χ2v) is 10.4. The molecule has 8 nitrogen and oxygen atoms in total. The van der Waals surface area contributed by atoms with Gasteiger partial charge in [-0.15, -0.1) is 0 Å². The van der Waals surface area contributed by atoms with Crippen molar-refractivity contribution >= 4 is 17.5 Å². The van der Waals surface area contributed by atoms with E-state index in [-0.39, 0.29) is 22.0 Å². The Kier molecular flexibility index (Phi) is 9.17. The quantitative estimate of drug-likeness (QED) is 0.192. The first-order valence-corrected chi connectivity index (χ1v) is 13.1. The van der Waals surface area contributed by atoms with Crippen LogP contribution in [0.1, 0.15) is 63.5 Å². The number of carbonyl (C=O) groups excluding carboxylic acids is 2. The number of nitrogens with two attached hydrogens (primary N) is 1. The van der Waals surface area contributed by atoms with Crippen molar-refractivity contribution in [2.45, 2.75) is 70.3 Å². The first kappa shape index (κ1) is 28.0. The van der Waals surface area contributed by atoms with Gasteiger partial charge in [0.15, 0.2) is 6.04 Å². The second-order valence-electron chi connectivity index (χ2n) is 10.4. The number of primary amides is 1. The maximum atomic E-state index is 13.7. The summed E-state index contributed by atoms with van der Waals surface area (Å²) in [7, 11) is 0. The number of carbonyl (C=O) groups is 2. The third-order valence-corrected chi connectivity index (χ3v) is 8.09. The van der Waals surface area contributed by atoms with E-state index in [0.29, 0.717) is 45.2 Å². The van der Waals surface area contributed by atoms with Gasteiger partial charge in [0.05, 0.1) is 35.9 Å². The lowest BCUT2D eigenvalue weighted by molar-refractivity contribution is -0.857. The molecule has 2 amide bonds. The van der Waals surface area contributed by atoms with Crippen molar-refractivity contribution in [2.24, 2.45) is 11.7 Å². The molecule has 2 N–H and O–H groups in total. The Morgan fingerprint density at radius 2 is 1.84 bits per heavy atom. The number of amides is 2.